The van der Waals surface area contributed by atoms with Crippen molar-refractivity contribution in [2.24, 2.45) is 0 Å². The van der Waals surface area contributed by atoms with Gasteiger partial charge in [-0.05, 0) is 19.4 Å². The summed E-state index contributed by atoms with van der Waals surface area (Å²) in [5, 5.41) is 13.0. The number of hydrogen-bond acceptors (Lipinski definition) is 8. The molecule has 0 saturated carbocycles. The van der Waals surface area contributed by atoms with Crippen molar-refractivity contribution in [2.75, 3.05) is 20.3 Å². The van der Waals surface area contributed by atoms with Crippen LogP contribution < -0.4 is 10.1 Å². The second kappa shape index (κ2) is 9.93. The molecule has 0 bridgehead atoms. The quantitative estimate of drug-likeness (QED) is 0.493. The molecule has 2 aromatic heterocycles. The number of fused-ring (bicyclic) bond motifs is 1. The van der Waals surface area contributed by atoms with E-state index >= 15 is 0 Å². The number of nitrogens with one attached hydrogen (secondary N) is 1. The van der Waals surface area contributed by atoms with Crippen molar-refractivity contribution in [2.45, 2.75) is 51.7 Å². The van der Waals surface area contributed by atoms with Gasteiger partial charge in [0.1, 0.15) is 36.3 Å². The summed E-state index contributed by atoms with van der Waals surface area (Å²) in [6, 6.07) is 10.0. The molecule has 0 amide bonds. The lowest BCUT2D eigenvalue weighted by Crippen LogP contribution is -2.36. The summed E-state index contributed by atoms with van der Waals surface area (Å²) in [6.07, 6.45) is 2.91. The first-order valence-corrected chi connectivity index (χ1v) is 10.7. The molecule has 0 unspecified atom stereocenters. The fraction of sp³-hybridized carbons (Fsp3) is 0.478. The molecule has 1 aromatic carbocycles. The highest BCUT2D eigenvalue weighted by molar-refractivity contribution is 5.83. The van der Waals surface area contributed by atoms with E-state index in [0.29, 0.717) is 32.3 Å². The van der Waals surface area contributed by atoms with Crippen LogP contribution >= 0.6 is 0 Å². The molecule has 2 N–H and O–H groups in total. The third-order valence-electron chi connectivity index (χ3n) is 5.35. The lowest BCUT2D eigenvalue weighted by atomic mass is 10.2. The van der Waals surface area contributed by atoms with E-state index in [9.17, 15) is 5.11 Å². The van der Waals surface area contributed by atoms with E-state index in [4.69, 9.17) is 18.9 Å². The molecule has 4 rings (SSSR count). The van der Waals surface area contributed by atoms with Crippen molar-refractivity contribution in [1.82, 2.24) is 19.9 Å². The van der Waals surface area contributed by atoms with Crippen molar-refractivity contribution in [3.8, 4) is 5.88 Å². The van der Waals surface area contributed by atoms with Crippen LogP contribution in [0.1, 0.15) is 25.0 Å². The van der Waals surface area contributed by atoms with E-state index in [1.165, 1.54) is 6.33 Å². The van der Waals surface area contributed by atoms with Gasteiger partial charge in [0.05, 0.1) is 20.3 Å². The minimum atomic E-state index is -0.702. The number of nitrogens with zero attached hydrogens (tertiary/aromatic N) is 3. The monoisotopic (exact) mass is 442 g/mol. The van der Waals surface area contributed by atoms with E-state index in [0.717, 1.165) is 22.2 Å². The van der Waals surface area contributed by atoms with Gasteiger partial charge in [0.25, 0.3) is 0 Å². The molecule has 0 spiro atoms. The first-order chi connectivity index (χ1) is 15.5. The van der Waals surface area contributed by atoms with Crippen molar-refractivity contribution in [3.63, 3.8) is 0 Å². The maximum atomic E-state index is 9.57. The first-order valence-electron chi connectivity index (χ1n) is 10.7. The van der Waals surface area contributed by atoms with Crippen LogP contribution in [0.5, 0.6) is 5.88 Å². The van der Waals surface area contributed by atoms with E-state index in [-0.39, 0.29) is 18.8 Å². The molecule has 172 valence electrons. The third-order valence-corrected chi connectivity index (χ3v) is 5.35. The third kappa shape index (κ3) is 5.08. The average molecular weight is 443 g/mol. The highest BCUT2D eigenvalue weighted by atomic mass is 16.8. The summed E-state index contributed by atoms with van der Waals surface area (Å²) in [5.74, 6) is -0.203. The zero-order valence-corrected chi connectivity index (χ0v) is 18.7. The number of hydrogen-bond donors (Lipinski definition) is 2. The zero-order valence-electron chi connectivity index (χ0n) is 18.7. The van der Waals surface area contributed by atoms with Crippen LogP contribution in [0.3, 0.4) is 0 Å². The van der Waals surface area contributed by atoms with Gasteiger partial charge in [0, 0.05) is 24.8 Å². The second-order valence-corrected chi connectivity index (χ2v) is 8.19. The molecule has 1 aliphatic heterocycles. The van der Waals surface area contributed by atoms with Crippen LogP contribution in [-0.2, 0) is 34.1 Å². The van der Waals surface area contributed by atoms with Crippen molar-refractivity contribution in [1.29, 1.82) is 0 Å². The summed E-state index contributed by atoms with van der Waals surface area (Å²) in [6.45, 7) is 5.55. The number of benzene rings is 1. The van der Waals surface area contributed by atoms with Gasteiger partial charge in [0.2, 0.25) is 5.88 Å². The Morgan fingerprint density at radius 1 is 1.16 bits per heavy atom. The number of aliphatic hydroxyl groups excluding tert-OH is 1. The molecular weight excluding hydrogens is 412 g/mol. The molecule has 9 heteroatoms. The minimum absolute atomic E-state index is 0.0851. The molecule has 2 atom stereocenters. The first kappa shape index (κ1) is 22.6. The topological polar surface area (TPSA) is 99.9 Å². The van der Waals surface area contributed by atoms with E-state index in [1.54, 1.807) is 7.11 Å². The van der Waals surface area contributed by atoms with E-state index < -0.39 is 5.79 Å². The van der Waals surface area contributed by atoms with Gasteiger partial charge in [-0.1, -0.05) is 30.3 Å². The molecule has 1 fully saturated rings. The number of aliphatic hydroxyl groups is 1. The average Bonchev–Trinajstić information content (AvgIpc) is 3.30. The Balaban J connectivity index is 1.45. The van der Waals surface area contributed by atoms with Crippen LogP contribution in [0.2, 0.25) is 0 Å². The highest BCUT2D eigenvalue weighted by Gasteiger charge is 2.40. The normalized spacial score (nSPS) is 20.1. The van der Waals surface area contributed by atoms with E-state index in [1.807, 2.05) is 54.9 Å². The molecule has 1 aliphatic rings. The zero-order chi connectivity index (χ0) is 22.6. The maximum Gasteiger partial charge on any atom is 0.241 e. The standard InChI is InChI=1S/C23H30N4O5/c1-23(2)31-18(19(12-28)32-23)10-24-9-17-11-27(15-30-13-16-7-5-4-6-8-16)21-20(17)25-14-26-22(21)29-3/h4-8,11,14,18-19,24,28H,9-10,12-13,15H2,1-3H3/t18-,19+/m0/s1. The lowest BCUT2D eigenvalue weighted by molar-refractivity contribution is -0.148. The van der Waals surface area contributed by atoms with Gasteiger partial charge < -0.3 is 33.9 Å². The molecular formula is C23H30N4O5. The molecule has 32 heavy (non-hydrogen) atoms. The smallest absolute Gasteiger partial charge is 0.241 e. The summed E-state index contributed by atoms with van der Waals surface area (Å²) in [5.41, 5.74) is 3.68. The molecule has 3 heterocycles. The Hall–Kier alpha value is -2.56. The van der Waals surface area contributed by atoms with Crippen molar-refractivity contribution >= 4 is 11.0 Å². The van der Waals surface area contributed by atoms with Crippen LogP contribution in [-0.4, -0.2) is 57.9 Å². The van der Waals surface area contributed by atoms with Gasteiger partial charge in [-0.2, -0.15) is 4.98 Å². The Bertz CT molecular complexity index is 1020. The van der Waals surface area contributed by atoms with Crippen LogP contribution in [0.4, 0.5) is 0 Å². The summed E-state index contributed by atoms with van der Waals surface area (Å²) in [4.78, 5) is 8.73. The Kier molecular flexibility index (Phi) is 7.02. The molecule has 0 aliphatic carbocycles. The van der Waals surface area contributed by atoms with Gasteiger partial charge >= 0.3 is 0 Å². The summed E-state index contributed by atoms with van der Waals surface area (Å²) < 4.78 is 25.0. The molecule has 3 aromatic rings. The van der Waals surface area contributed by atoms with Gasteiger partial charge in [0.15, 0.2) is 5.79 Å². The largest absolute Gasteiger partial charge is 0.479 e. The lowest BCUT2D eigenvalue weighted by Gasteiger charge is -2.17. The second-order valence-electron chi connectivity index (χ2n) is 8.19. The number of rotatable bonds is 10. The predicted molar refractivity (Wildman–Crippen MR) is 118 cm³/mol. The Morgan fingerprint density at radius 3 is 2.69 bits per heavy atom. The number of ether oxygens (including phenoxy) is 4. The Morgan fingerprint density at radius 2 is 1.94 bits per heavy atom. The van der Waals surface area contributed by atoms with Crippen molar-refractivity contribution < 1.29 is 24.1 Å². The van der Waals surface area contributed by atoms with Crippen LogP contribution in [0, 0.1) is 0 Å². The summed E-state index contributed by atoms with van der Waals surface area (Å²) >= 11 is 0. The summed E-state index contributed by atoms with van der Waals surface area (Å²) in [7, 11) is 1.59. The van der Waals surface area contributed by atoms with Gasteiger partial charge in [-0.25, -0.2) is 4.98 Å². The fourth-order valence-electron chi connectivity index (χ4n) is 3.97. The molecule has 0 radical (unpaired) electrons. The number of methoxy groups -OCH3 is 1. The highest BCUT2D eigenvalue weighted by Crippen LogP contribution is 2.29. The van der Waals surface area contributed by atoms with E-state index in [2.05, 4.69) is 15.3 Å². The Labute approximate surface area is 187 Å². The van der Waals surface area contributed by atoms with Gasteiger partial charge in [-0.3, -0.25) is 0 Å². The predicted octanol–water partition coefficient (Wildman–Crippen LogP) is 2.22. The van der Waals surface area contributed by atoms with Gasteiger partial charge in [-0.15, -0.1) is 0 Å². The fourth-order valence-corrected chi connectivity index (χ4v) is 3.97. The molecule has 1 saturated heterocycles. The van der Waals surface area contributed by atoms with Crippen LogP contribution in [0.25, 0.3) is 11.0 Å². The SMILES string of the molecule is COc1ncnc2c(CNC[C@@H]3OC(C)(C)O[C@@H]3CO)cn(COCc3ccccc3)c12. The molecule has 9 nitrogen and oxygen atoms in total. The number of aromatic nitrogens is 3. The minimum Gasteiger partial charge on any atom is -0.479 e. The maximum absolute atomic E-state index is 9.57. The van der Waals surface area contributed by atoms with Crippen LogP contribution in [0.15, 0.2) is 42.9 Å². The van der Waals surface area contributed by atoms with Crippen molar-refractivity contribution in [3.05, 3.63) is 54.0 Å².